The van der Waals surface area contributed by atoms with Gasteiger partial charge in [0, 0.05) is 6.07 Å². The standard InChI is InChI=1S/C7H7N4O2/c8-7-9-11(13)6-4-2-1-3-5(6)10(7)12/h1-4,12H,(H2,8,9,13)/q+1. The van der Waals surface area contributed by atoms with Crippen LogP contribution in [0.4, 0.5) is 5.95 Å². The molecule has 0 amide bonds. The lowest BCUT2D eigenvalue weighted by atomic mass is 10.3. The maximum absolute atomic E-state index is 11.2. The molecule has 0 atom stereocenters. The summed E-state index contributed by atoms with van der Waals surface area (Å²) in [5, 5.41) is 12.7. The highest BCUT2D eigenvalue weighted by Crippen LogP contribution is 2.08. The molecule has 0 aliphatic carbocycles. The van der Waals surface area contributed by atoms with Crippen LogP contribution < -0.4 is 10.3 Å². The van der Waals surface area contributed by atoms with E-state index in [2.05, 4.69) is 5.10 Å². The van der Waals surface area contributed by atoms with E-state index in [9.17, 15) is 10.1 Å². The third-order valence-corrected chi connectivity index (χ3v) is 1.73. The minimum Gasteiger partial charge on any atom is -0.425 e. The number of rotatable bonds is 0. The van der Waals surface area contributed by atoms with Crippen LogP contribution in [0.15, 0.2) is 24.3 Å². The number of hydrogen-bond acceptors (Lipinski definition) is 4. The second-order valence-corrected chi connectivity index (χ2v) is 2.53. The topological polar surface area (TPSA) is 87.0 Å². The summed E-state index contributed by atoms with van der Waals surface area (Å²) in [6, 6.07) is 6.48. The van der Waals surface area contributed by atoms with Gasteiger partial charge in [0.2, 0.25) is 0 Å². The lowest BCUT2D eigenvalue weighted by molar-refractivity contribution is -0.535. The first-order valence-corrected chi connectivity index (χ1v) is 3.59. The van der Waals surface area contributed by atoms with E-state index in [1.807, 2.05) is 0 Å². The van der Waals surface area contributed by atoms with Gasteiger partial charge in [-0.2, -0.15) is 0 Å². The van der Waals surface area contributed by atoms with Gasteiger partial charge in [-0.05, 0) is 6.07 Å². The highest BCUT2D eigenvalue weighted by atomic mass is 16.5. The monoisotopic (exact) mass is 179 g/mol. The Bertz CT molecular complexity index is 519. The molecule has 0 saturated carbocycles. The van der Waals surface area contributed by atoms with Crippen LogP contribution in [0, 0.1) is 4.91 Å². The number of benzene rings is 1. The highest BCUT2D eigenvalue weighted by Gasteiger charge is 2.13. The van der Waals surface area contributed by atoms with Crippen LogP contribution >= 0.6 is 0 Å². The molecule has 2 rings (SSSR count). The average Bonchev–Trinajstić information content (AvgIpc) is 2.15. The van der Waals surface area contributed by atoms with Crippen molar-refractivity contribution in [1.82, 2.24) is 9.83 Å². The number of aromatic nitrogens is 3. The van der Waals surface area contributed by atoms with Crippen LogP contribution in [0.5, 0.6) is 0 Å². The minimum atomic E-state index is -0.242. The maximum Gasteiger partial charge on any atom is 0.322 e. The van der Waals surface area contributed by atoms with Gasteiger partial charge in [-0.3, -0.25) is 0 Å². The van der Waals surface area contributed by atoms with E-state index in [4.69, 9.17) is 5.73 Å². The minimum absolute atomic E-state index is 0.242. The van der Waals surface area contributed by atoms with E-state index in [0.717, 1.165) is 0 Å². The van der Waals surface area contributed by atoms with Gasteiger partial charge >= 0.3 is 11.5 Å². The average molecular weight is 179 g/mol. The van der Waals surface area contributed by atoms with Crippen molar-refractivity contribution < 1.29 is 9.75 Å². The Hall–Kier alpha value is -2.11. The predicted octanol–water partition coefficient (Wildman–Crippen LogP) is -0.230. The Morgan fingerprint density at radius 2 is 2.15 bits per heavy atom. The van der Waals surface area contributed by atoms with Crippen molar-refractivity contribution >= 4 is 17.0 Å². The summed E-state index contributed by atoms with van der Waals surface area (Å²) in [7, 11) is 0. The molecule has 6 nitrogen and oxygen atoms in total. The van der Waals surface area contributed by atoms with E-state index in [1.165, 1.54) is 0 Å². The van der Waals surface area contributed by atoms with Crippen LogP contribution in [0.1, 0.15) is 0 Å². The molecular weight excluding hydrogens is 172 g/mol. The molecule has 6 heteroatoms. The zero-order valence-corrected chi connectivity index (χ0v) is 6.58. The summed E-state index contributed by atoms with van der Waals surface area (Å²) in [4.78, 5) is 11.2. The van der Waals surface area contributed by atoms with E-state index in [-0.39, 0.29) is 11.5 Å². The van der Waals surface area contributed by atoms with Crippen molar-refractivity contribution in [2.24, 2.45) is 0 Å². The third kappa shape index (κ3) is 0.994. The van der Waals surface area contributed by atoms with Gasteiger partial charge < -0.3 is 10.9 Å². The van der Waals surface area contributed by atoms with Crippen molar-refractivity contribution in [2.75, 3.05) is 5.73 Å². The number of nitrogen functional groups attached to an aromatic ring is 1. The molecule has 1 aromatic heterocycles. The second kappa shape index (κ2) is 2.44. The second-order valence-electron chi connectivity index (χ2n) is 2.53. The summed E-state index contributed by atoms with van der Waals surface area (Å²) in [5.74, 6) is -0.242. The van der Waals surface area contributed by atoms with Crippen LogP contribution in [0.25, 0.3) is 11.0 Å². The Kier molecular flexibility index (Phi) is 1.42. The smallest absolute Gasteiger partial charge is 0.322 e. The van der Waals surface area contributed by atoms with Crippen molar-refractivity contribution in [3.63, 3.8) is 0 Å². The quantitative estimate of drug-likeness (QED) is 0.432. The maximum atomic E-state index is 11.2. The molecule has 0 spiro atoms. The number of fused-ring (bicyclic) bond motifs is 1. The molecule has 3 N–H and O–H groups in total. The van der Waals surface area contributed by atoms with Gasteiger partial charge in [-0.1, -0.05) is 12.1 Å². The van der Waals surface area contributed by atoms with Gasteiger partial charge in [0.05, 0.1) is 10.0 Å². The predicted molar refractivity (Wildman–Crippen MR) is 44.7 cm³/mol. The summed E-state index contributed by atoms with van der Waals surface area (Å²) < 4.78 is 1.04. The lowest BCUT2D eigenvalue weighted by Crippen LogP contribution is -2.25. The first kappa shape index (κ1) is 7.53. The molecule has 0 saturated heterocycles. The first-order chi connectivity index (χ1) is 6.20. The summed E-state index contributed by atoms with van der Waals surface area (Å²) in [6.07, 6.45) is 0. The van der Waals surface area contributed by atoms with E-state index in [1.54, 1.807) is 24.3 Å². The van der Waals surface area contributed by atoms with Gasteiger partial charge in [0.25, 0.3) is 0 Å². The molecule has 1 heterocycles. The SMILES string of the molecule is Nc1n[n+](=O)c2ccccc2n1O. The zero-order valence-electron chi connectivity index (χ0n) is 6.58. The molecule has 0 fully saturated rings. The third-order valence-electron chi connectivity index (χ3n) is 1.73. The molecule has 0 bridgehead atoms. The molecule has 0 aliphatic heterocycles. The fraction of sp³-hybridized carbons (Fsp3) is 0. The Morgan fingerprint density at radius 1 is 1.46 bits per heavy atom. The molecule has 66 valence electrons. The molecule has 1 aromatic carbocycles. The Labute approximate surface area is 72.4 Å². The number of hydrogen-bond donors (Lipinski definition) is 2. The molecule has 0 aliphatic rings. The van der Waals surface area contributed by atoms with E-state index in [0.29, 0.717) is 14.8 Å². The Morgan fingerprint density at radius 3 is 2.92 bits per heavy atom. The van der Waals surface area contributed by atoms with Crippen molar-refractivity contribution in [3.8, 4) is 0 Å². The van der Waals surface area contributed by atoms with Gasteiger partial charge in [0.1, 0.15) is 0 Å². The molecule has 0 radical (unpaired) electrons. The normalized spacial score (nSPS) is 10.5. The first-order valence-electron chi connectivity index (χ1n) is 3.59. The highest BCUT2D eigenvalue weighted by molar-refractivity contribution is 5.71. The number of anilines is 1. The fourth-order valence-corrected chi connectivity index (χ4v) is 1.12. The summed E-state index contributed by atoms with van der Waals surface area (Å²) >= 11 is 0. The molecule has 0 unspecified atom stereocenters. The lowest BCUT2D eigenvalue weighted by Gasteiger charge is -1.97. The Balaban J connectivity index is 3.06. The summed E-state index contributed by atoms with van der Waals surface area (Å²) in [5.41, 5.74) is 5.85. The van der Waals surface area contributed by atoms with E-state index < -0.39 is 0 Å². The van der Waals surface area contributed by atoms with Crippen molar-refractivity contribution in [1.29, 1.82) is 0 Å². The fourth-order valence-electron chi connectivity index (χ4n) is 1.12. The van der Waals surface area contributed by atoms with Gasteiger partial charge in [-0.15, -0.1) is 4.73 Å². The van der Waals surface area contributed by atoms with Crippen LogP contribution in [-0.4, -0.2) is 15.0 Å². The van der Waals surface area contributed by atoms with Gasteiger partial charge in [0.15, 0.2) is 10.1 Å². The van der Waals surface area contributed by atoms with E-state index >= 15 is 0 Å². The molecule has 2 aromatic rings. The number of nitrogens with zero attached hydrogens (tertiary/aromatic N) is 3. The molecule has 13 heavy (non-hydrogen) atoms. The van der Waals surface area contributed by atoms with Crippen LogP contribution in [-0.2, 0) is 0 Å². The number of nitrogens with two attached hydrogens (primary N) is 1. The summed E-state index contributed by atoms with van der Waals surface area (Å²) in [6.45, 7) is 0. The van der Waals surface area contributed by atoms with Crippen LogP contribution in [0.2, 0.25) is 0 Å². The van der Waals surface area contributed by atoms with Crippen molar-refractivity contribution in [3.05, 3.63) is 29.2 Å². The largest absolute Gasteiger partial charge is 0.425 e. The zero-order chi connectivity index (χ0) is 9.42. The van der Waals surface area contributed by atoms with Crippen LogP contribution in [0.3, 0.4) is 0 Å². The number of para-hydroxylation sites is 2. The van der Waals surface area contributed by atoms with Crippen molar-refractivity contribution in [2.45, 2.75) is 0 Å². The van der Waals surface area contributed by atoms with Gasteiger partial charge in [-0.25, -0.2) is 0 Å². The molecular formula is C7H7N4O2+.